The highest BCUT2D eigenvalue weighted by Gasteiger charge is 2.25. The van der Waals surface area contributed by atoms with Gasteiger partial charge in [-0.1, -0.05) is 12.1 Å². The zero-order valence-corrected chi connectivity index (χ0v) is 11.4. The fraction of sp³-hybridized carbons (Fsp3) is 0.533. The quantitative estimate of drug-likeness (QED) is 0.825. The van der Waals surface area contributed by atoms with Gasteiger partial charge < -0.3 is 10.6 Å². The van der Waals surface area contributed by atoms with E-state index in [-0.39, 0.29) is 23.8 Å². The minimum atomic E-state index is -0.218. The minimum absolute atomic E-state index is 0.0496. The van der Waals surface area contributed by atoms with Crippen LogP contribution in [0.15, 0.2) is 24.3 Å². The van der Waals surface area contributed by atoms with Gasteiger partial charge >= 0.3 is 0 Å². The number of nitrogens with one attached hydrogen (secondary N) is 2. The van der Waals surface area contributed by atoms with E-state index in [0.717, 1.165) is 18.4 Å². The number of hydrogen-bond acceptors (Lipinski definition) is 2. The number of halogens is 1. The molecule has 1 amide bonds. The summed E-state index contributed by atoms with van der Waals surface area (Å²) in [6.45, 7) is 3.87. The van der Waals surface area contributed by atoms with E-state index in [9.17, 15) is 9.18 Å². The predicted octanol–water partition coefficient (Wildman–Crippen LogP) is 2.01. The van der Waals surface area contributed by atoms with Crippen molar-refractivity contribution >= 4 is 5.91 Å². The third kappa shape index (κ3) is 4.63. The highest BCUT2D eigenvalue weighted by molar-refractivity contribution is 5.81. The van der Waals surface area contributed by atoms with Gasteiger partial charge in [0, 0.05) is 12.1 Å². The van der Waals surface area contributed by atoms with Crippen molar-refractivity contribution in [2.45, 2.75) is 51.2 Å². The second kappa shape index (κ2) is 6.15. The van der Waals surface area contributed by atoms with Gasteiger partial charge in [-0.3, -0.25) is 4.79 Å². The van der Waals surface area contributed by atoms with Crippen LogP contribution in [0.2, 0.25) is 0 Å². The molecule has 2 atom stereocenters. The van der Waals surface area contributed by atoms with Crippen molar-refractivity contribution in [1.82, 2.24) is 10.6 Å². The van der Waals surface area contributed by atoms with E-state index < -0.39 is 0 Å². The van der Waals surface area contributed by atoms with Gasteiger partial charge in [-0.25, -0.2) is 4.39 Å². The topological polar surface area (TPSA) is 41.1 Å². The Kier molecular flexibility index (Phi) is 4.53. The Morgan fingerprint density at radius 1 is 1.42 bits per heavy atom. The molecular formula is C15H21FN2O. The molecular weight excluding hydrogens is 243 g/mol. The number of benzene rings is 1. The maximum Gasteiger partial charge on any atom is 0.237 e. The molecule has 1 fully saturated rings. The van der Waals surface area contributed by atoms with Crippen molar-refractivity contribution < 1.29 is 9.18 Å². The van der Waals surface area contributed by atoms with Crippen molar-refractivity contribution in [1.29, 1.82) is 0 Å². The second-order valence-corrected chi connectivity index (χ2v) is 5.41. The Labute approximate surface area is 113 Å². The summed E-state index contributed by atoms with van der Waals surface area (Å²) in [7, 11) is 0. The van der Waals surface area contributed by atoms with E-state index in [2.05, 4.69) is 10.6 Å². The van der Waals surface area contributed by atoms with E-state index in [1.807, 2.05) is 19.9 Å². The van der Waals surface area contributed by atoms with Crippen LogP contribution in [0.1, 0.15) is 32.3 Å². The first kappa shape index (κ1) is 14.0. The molecule has 1 aliphatic carbocycles. The van der Waals surface area contributed by atoms with Crippen molar-refractivity contribution in [2.24, 2.45) is 0 Å². The molecule has 1 saturated carbocycles. The summed E-state index contributed by atoms with van der Waals surface area (Å²) in [4.78, 5) is 11.8. The van der Waals surface area contributed by atoms with Gasteiger partial charge in [-0.15, -0.1) is 0 Å². The fourth-order valence-electron chi connectivity index (χ4n) is 2.13. The summed E-state index contributed by atoms with van der Waals surface area (Å²) >= 11 is 0. The van der Waals surface area contributed by atoms with Crippen LogP contribution in [0.25, 0.3) is 0 Å². The molecule has 1 aromatic rings. The van der Waals surface area contributed by atoms with Crippen LogP contribution < -0.4 is 10.6 Å². The van der Waals surface area contributed by atoms with Crippen LogP contribution in [0, 0.1) is 5.82 Å². The van der Waals surface area contributed by atoms with Gasteiger partial charge in [0.2, 0.25) is 5.91 Å². The average molecular weight is 264 g/mol. The van der Waals surface area contributed by atoms with Gasteiger partial charge in [0.25, 0.3) is 0 Å². The highest BCUT2D eigenvalue weighted by atomic mass is 19.1. The molecule has 2 unspecified atom stereocenters. The molecule has 104 valence electrons. The largest absolute Gasteiger partial charge is 0.352 e. The number of amides is 1. The molecule has 1 aliphatic rings. The molecule has 3 nitrogen and oxygen atoms in total. The van der Waals surface area contributed by atoms with Crippen LogP contribution >= 0.6 is 0 Å². The van der Waals surface area contributed by atoms with E-state index in [1.165, 1.54) is 12.1 Å². The molecule has 0 spiro atoms. The summed E-state index contributed by atoms with van der Waals surface area (Å²) in [5.41, 5.74) is 0.940. The third-order valence-electron chi connectivity index (χ3n) is 3.28. The summed E-state index contributed by atoms with van der Waals surface area (Å²) in [6, 6.07) is 6.87. The van der Waals surface area contributed by atoms with Gasteiger partial charge in [0.15, 0.2) is 0 Å². The summed E-state index contributed by atoms with van der Waals surface area (Å²) in [5.74, 6) is -0.169. The van der Waals surface area contributed by atoms with Crippen molar-refractivity contribution in [3.63, 3.8) is 0 Å². The fourth-order valence-corrected chi connectivity index (χ4v) is 2.13. The van der Waals surface area contributed by atoms with Crippen LogP contribution in [0.4, 0.5) is 4.39 Å². The van der Waals surface area contributed by atoms with Crippen LogP contribution in [-0.4, -0.2) is 24.0 Å². The third-order valence-corrected chi connectivity index (χ3v) is 3.28. The average Bonchev–Trinajstić information content (AvgIpc) is 3.12. The van der Waals surface area contributed by atoms with Crippen molar-refractivity contribution in [3.05, 3.63) is 35.6 Å². The van der Waals surface area contributed by atoms with Crippen molar-refractivity contribution in [2.75, 3.05) is 0 Å². The van der Waals surface area contributed by atoms with Crippen LogP contribution in [0.5, 0.6) is 0 Å². The van der Waals surface area contributed by atoms with E-state index in [0.29, 0.717) is 12.5 Å². The molecule has 2 rings (SSSR count). The normalized spacial score (nSPS) is 17.8. The number of carbonyl (C=O) groups is 1. The van der Waals surface area contributed by atoms with Crippen LogP contribution in [-0.2, 0) is 11.2 Å². The minimum Gasteiger partial charge on any atom is -0.352 e. The maximum absolute atomic E-state index is 13.1. The number of rotatable bonds is 6. The first-order valence-corrected chi connectivity index (χ1v) is 6.85. The first-order valence-electron chi connectivity index (χ1n) is 6.85. The zero-order chi connectivity index (χ0) is 13.8. The molecule has 0 saturated heterocycles. The maximum atomic E-state index is 13.1. The Morgan fingerprint density at radius 3 is 2.79 bits per heavy atom. The molecule has 1 aromatic carbocycles. The molecule has 2 N–H and O–H groups in total. The standard InChI is InChI=1S/C15H21FN2O/c1-10(8-12-4-3-5-13(16)9-12)17-11(2)15(19)18-14-6-7-14/h3-5,9-11,14,17H,6-8H2,1-2H3,(H,18,19). The Morgan fingerprint density at radius 2 is 2.16 bits per heavy atom. The second-order valence-electron chi connectivity index (χ2n) is 5.41. The van der Waals surface area contributed by atoms with Gasteiger partial charge in [0.1, 0.15) is 5.82 Å². The Hall–Kier alpha value is -1.42. The van der Waals surface area contributed by atoms with E-state index >= 15 is 0 Å². The van der Waals surface area contributed by atoms with Gasteiger partial charge in [-0.05, 0) is 50.8 Å². The number of carbonyl (C=O) groups excluding carboxylic acids is 1. The Balaban J connectivity index is 1.79. The zero-order valence-electron chi connectivity index (χ0n) is 11.4. The molecule has 0 heterocycles. The lowest BCUT2D eigenvalue weighted by Gasteiger charge is -2.19. The molecule has 0 aliphatic heterocycles. The van der Waals surface area contributed by atoms with Gasteiger partial charge in [-0.2, -0.15) is 0 Å². The first-order chi connectivity index (χ1) is 9.04. The SMILES string of the molecule is CC(Cc1cccc(F)c1)NC(C)C(=O)NC1CC1. The Bertz CT molecular complexity index is 446. The van der Waals surface area contributed by atoms with Crippen LogP contribution in [0.3, 0.4) is 0 Å². The monoisotopic (exact) mass is 264 g/mol. The van der Waals surface area contributed by atoms with Gasteiger partial charge in [0.05, 0.1) is 6.04 Å². The lowest BCUT2D eigenvalue weighted by atomic mass is 10.1. The highest BCUT2D eigenvalue weighted by Crippen LogP contribution is 2.18. The summed E-state index contributed by atoms with van der Waals surface area (Å²) < 4.78 is 13.1. The molecule has 19 heavy (non-hydrogen) atoms. The smallest absolute Gasteiger partial charge is 0.237 e. The molecule has 0 bridgehead atoms. The van der Waals surface area contributed by atoms with E-state index in [1.54, 1.807) is 6.07 Å². The lowest BCUT2D eigenvalue weighted by Crippen LogP contribution is -2.46. The lowest BCUT2D eigenvalue weighted by molar-refractivity contribution is -0.123. The van der Waals surface area contributed by atoms with E-state index in [4.69, 9.17) is 0 Å². The summed E-state index contributed by atoms with van der Waals surface area (Å²) in [6.07, 6.45) is 2.90. The predicted molar refractivity (Wildman–Crippen MR) is 73.3 cm³/mol. The van der Waals surface area contributed by atoms with Crippen molar-refractivity contribution in [3.8, 4) is 0 Å². The molecule has 0 aromatic heterocycles. The number of hydrogen-bond donors (Lipinski definition) is 2. The molecule has 0 radical (unpaired) electrons. The summed E-state index contributed by atoms with van der Waals surface area (Å²) in [5, 5.41) is 6.22. The molecule has 4 heteroatoms.